The Kier molecular flexibility index (Phi) is 4.19. The van der Waals surface area contributed by atoms with Gasteiger partial charge in [-0.15, -0.1) is 0 Å². The standard InChI is InChI=1S/C18H16N6O3S/c1-24-9-11(8-21-24)14-7-15-16(18(25)20-10-19-15)17(23-14)22-12-3-5-13(6-4-12)28(2,26)27/h3-10H,1-2H3,(H,22,23)(H,19,20,25). The van der Waals surface area contributed by atoms with Gasteiger partial charge in [-0.2, -0.15) is 5.10 Å². The topological polar surface area (TPSA) is 123 Å². The second kappa shape index (κ2) is 6.57. The van der Waals surface area contributed by atoms with Crippen LogP contribution < -0.4 is 10.9 Å². The first kappa shape index (κ1) is 17.9. The maximum absolute atomic E-state index is 12.4. The molecule has 0 bridgehead atoms. The Balaban J connectivity index is 1.84. The number of benzene rings is 1. The summed E-state index contributed by atoms with van der Waals surface area (Å²) < 4.78 is 24.9. The van der Waals surface area contributed by atoms with Crippen molar-refractivity contribution >= 4 is 32.2 Å². The van der Waals surface area contributed by atoms with Crippen LogP contribution in [0, 0.1) is 0 Å². The fraction of sp³-hybridized carbons (Fsp3) is 0.111. The van der Waals surface area contributed by atoms with Crippen molar-refractivity contribution in [2.75, 3.05) is 11.6 Å². The van der Waals surface area contributed by atoms with Gasteiger partial charge >= 0.3 is 0 Å². The number of rotatable bonds is 4. The molecule has 142 valence electrons. The molecule has 10 heteroatoms. The minimum Gasteiger partial charge on any atom is -0.339 e. The van der Waals surface area contributed by atoms with Gasteiger partial charge in [0.05, 0.1) is 28.6 Å². The lowest BCUT2D eigenvalue weighted by Gasteiger charge is -2.10. The number of aromatic nitrogens is 5. The summed E-state index contributed by atoms with van der Waals surface area (Å²) in [7, 11) is -1.49. The van der Waals surface area contributed by atoms with Crippen molar-refractivity contribution in [2.24, 2.45) is 7.05 Å². The van der Waals surface area contributed by atoms with Crippen LogP contribution in [-0.4, -0.2) is 39.4 Å². The molecule has 0 saturated carbocycles. The van der Waals surface area contributed by atoms with Crippen LogP contribution in [0.25, 0.3) is 22.2 Å². The summed E-state index contributed by atoms with van der Waals surface area (Å²) in [6.07, 6.45) is 5.97. The number of pyridine rings is 1. The summed E-state index contributed by atoms with van der Waals surface area (Å²) in [6, 6.07) is 7.94. The van der Waals surface area contributed by atoms with Crippen LogP contribution >= 0.6 is 0 Å². The molecule has 28 heavy (non-hydrogen) atoms. The van der Waals surface area contributed by atoms with E-state index >= 15 is 0 Å². The summed E-state index contributed by atoms with van der Waals surface area (Å²) in [5, 5.41) is 7.55. The number of aromatic amines is 1. The molecule has 4 rings (SSSR count). The van der Waals surface area contributed by atoms with Crippen LogP contribution in [0.4, 0.5) is 11.5 Å². The maximum atomic E-state index is 12.4. The van der Waals surface area contributed by atoms with Crippen LogP contribution in [0.3, 0.4) is 0 Å². The van der Waals surface area contributed by atoms with Gasteiger partial charge in [-0.05, 0) is 30.3 Å². The maximum Gasteiger partial charge on any atom is 0.262 e. The zero-order valence-electron chi connectivity index (χ0n) is 15.0. The predicted molar refractivity (Wildman–Crippen MR) is 105 cm³/mol. The highest BCUT2D eigenvalue weighted by atomic mass is 32.2. The lowest BCUT2D eigenvalue weighted by molar-refractivity contribution is 0.602. The Labute approximate surface area is 160 Å². The molecule has 3 aromatic heterocycles. The van der Waals surface area contributed by atoms with Gasteiger partial charge in [0.15, 0.2) is 9.84 Å². The molecule has 0 saturated heterocycles. The van der Waals surface area contributed by atoms with Crippen LogP contribution in [-0.2, 0) is 16.9 Å². The second-order valence-corrected chi connectivity index (χ2v) is 8.32. The number of nitrogens with one attached hydrogen (secondary N) is 2. The summed E-state index contributed by atoms with van der Waals surface area (Å²) in [5.41, 5.74) is 2.13. The van der Waals surface area contributed by atoms with Gasteiger partial charge in [-0.3, -0.25) is 9.48 Å². The van der Waals surface area contributed by atoms with E-state index in [0.29, 0.717) is 28.1 Å². The molecule has 0 amide bonds. The molecule has 0 radical (unpaired) electrons. The van der Waals surface area contributed by atoms with Gasteiger partial charge in [0.1, 0.15) is 11.2 Å². The number of H-pyrrole nitrogens is 1. The van der Waals surface area contributed by atoms with E-state index in [1.807, 2.05) is 6.20 Å². The molecule has 0 atom stereocenters. The summed E-state index contributed by atoms with van der Waals surface area (Å²) in [4.78, 5) is 23.9. The van der Waals surface area contributed by atoms with Crippen molar-refractivity contribution in [1.82, 2.24) is 24.7 Å². The van der Waals surface area contributed by atoms with Gasteiger partial charge < -0.3 is 10.3 Å². The minimum absolute atomic E-state index is 0.208. The molecule has 4 aromatic rings. The van der Waals surface area contributed by atoms with E-state index < -0.39 is 9.84 Å². The first-order valence-corrected chi connectivity index (χ1v) is 10.1. The molecule has 9 nitrogen and oxygen atoms in total. The predicted octanol–water partition coefficient (Wildman–Crippen LogP) is 1.87. The molecule has 0 aliphatic carbocycles. The van der Waals surface area contributed by atoms with E-state index in [-0.39, 0.29) is 10.5 Å². The molecule has 3 heterocycles. The van der Waals surface area contributed by atoms with Gasteiger partial charge in [-0.25, -0.2) is 18.4 Å². The van der Waals surface area contributed by atoms with E-state index in [1.165, 1.54) is 18.5 Å². The molecular weight excluding hydrogens is 380 g/mol. The number of nitrogens with zero attached hydrogens (tertiary/aromatic N) is 4. The highest BCUT2D eigenvalue weighted by molar-refractivity contribution is 7.90. The van der Waals surface area contributed by atoms with E-state index in [9.17, 15) is 13.2 Å². The van der Waals surface area contributed by atoms with Crippen molar-refractivity contribution in [3.05, 3.63) is 59.4 Å². The van der Waals surface area contributed by atoms with Crippen molar-refractivity contribution in [3.8, 4) is 11.3 Å². The Hall–Kier alpha value is -3.53. The summed E-state index contributed by atoms with van der Waals surface area (Å²) in [6.45, 7) is 0. The largest absolute Gasteiger partial charge is 0.339 e. The third-order valence-electron chi connectivity index (χ3n) is 4.17. The Morgan fingerprint density at radius 2 is 1.93 bits per heavy atom. The SMILES string of the molecule is Cn1cc(-c2cc3nc[nH]c(=O)c3c(Nc3ccc(S(C)(=O)=O)cc3)n2)cn1. The molecule has 0 fully saturated rings. The first-order valence-electron chi connectivity index (χ1n) is 8.26. The number of aryl methyl sites for hydroxylation is 1. The molecule has 2 N–H and O–H groups in total. The summed E-state index contributed by atoms with van der Waals surface area (Å²) in [5.74, 6) is 0.317. The minimum atomic E-state index is -3.29. The zero-order valence-corrected chi connectivity index (χ0v) is 15.9. The van der Waals surface area contributed by atoms with Crippen LogP contribution in [0.1, 0.15) is 0 Å². The Morgan fingerprint density at radius 1 is 1.18 bits per heavy atom. The number of sulfone groups is 1. The third-order valence-corrected chi connectivity index (χ3v) is 5.30. The van der Waals surface area contributed by atoms with Crippen LogP contribution in [0.2, 0.25) is 0 Å². The molecular formula is C18H16N6O3S. The molecule has 1 aromatic carbocycles. The fourth-order valence-electron chi connectivity index (χ4n) is 2.80. The number of anilines is 2. The molecule has 0 unspecified atom stereocenters. The highest BCUT2D eigenvalue weighted by Crippen LogP contribution is 2.27. The van der Waals surface area contributed by atoms with Gasteiger partial charge in [0.25, 0.3) is 5.56 Å². The average molecular weight is 396 g/mol. The van der Waals surface area contributed by atoms with Crippen molar-refractivity contribution in [3.63, 3.8) is 0 Å². The quantitative estimate of drug-likeness (QED) is 0.540. The van der Waals surface area contributed by atoms with Gasteiger partial charge in [-0.1, -0.05) is 0 Å². The fourth-order valence-corrected chi connectivity index (χ4v) is 3.43. The van der Waals surface area contributed by atoms with Crippen molar-refractivity contribution < 1.29 is 8.42 Å². The normalized spacial score (nSPS) is 11.6. The van der Waals surface area contributed by atoms with Crippen molar-refractivity contribution in [2.45, 2.75) is 4.90 Å². The van der Waals surface area contributed by atoms with E-state index in [1.54, 1.807) is 36.1 Å². The van der Waals surface area contributed by atoms with Crippen LogP contribution in [0.15, 0.2) is 58.7 Å². The molecule has 0 aliphatic heterocycles. The van der Waals surface area contributed by atoms with Crippen LogP contribution in [0.5, 0.6) is 0 Å². The average Bonchev–Trinajstić information content (AvgIpc) is 3.08. The Morgan fingerprint density at radius 3 is 2.57 bits per heavy atom. The zero-order chi connectivity index (χ0) is 19.9. The van der Waals surface area contributed by atoms with Gasteiger partial charge in [0, 0.05) is 30.8 Å². The van der Waals surface area contributed by atoms with E-state index in [0.717, 1.165) is 11.8 Å². The highest BCUT2D eigenvalue weighted by Gasteiger charge is 2.14. The second-order valence-electron chi connectivity index (χ2n) is 6.31. The van der Waals surface area contributed by atoms with E-state index in [4.69, 9.17) is 0 Å². The van der Waals surface area contributed by atoms with E-state index in [2.05, 4.69) is 25.4 Å². The number of hydrogen-bond donors (Lipinski definition) is 2. The molecule has 0 spiro atoms. The van der Waals surface area contributed by atoms with Crippen molar-refractivity contribution in [1.29, 1.82) is 0 Å². The van der Waals surface area contributed by atoms with Gasteiger partial charge in [0.2, 0.25) is 0 Å². The lowest BCUT2D eigenvalue weighted by Crippen LogP contribution is -2.10. The number of fused-ring (bicyclic) bond motifs is 1. The monoisotopic (exact) mass is 396 g/mol. The summed E-state index contributed by atoms with van der Waals surface area (Å²) >= 11 is 0. The third kappa shape index (κ3) is 3.37. The number of hydrogen-bond acceptors (Lipinski definition) is 7. The Bertz CT molecular complexity index is 1340. The first-order chi connectivity index (χ1) is 13.3. The lowest BCUT2D eigenvalue weighted by atomic mass is 10.2. The molecule has 0 aliphatic rings. The smallest absolute Gasteiger partial charge is 0.262 e.